The average molecular weight is 546 g/mol. The number of nitrogens with two attached hydrogens (primary N) is 1. The summed E-state index contributed by atoms with van der Waals surface area (Å²) in [5.74, 6) is -8.75. The van der Waals surface area contributed by atoms with E-state index in [4.69, 9.17) is 5.73 Å². The molecule has 4 rings (SSSR count). The van der Waals surface area contributed by atoms with Crippen molar-refractivity contribution in [1.82, 2.24) is 9.80 Å². The van der Waals surface area contributed by atoms with Crippen molar-refractivity contribution < 1.29 is 39.2 Å². The highest BCUT2D eigenvalue weighted by molar-refractivity contribution is 6.24. The van der Waals surface area contributed by atoms with E-state index >= 15 is 4.39 Å². The number of phenolic OH excluding ortho intramolecular Hbond substituents is 1. The molecule has 4 atom stereocenters. The van der Waals surface area contributed by atoms with Crippen LogP contribution < -0.4 is 5.73 Å². The molecule has 0 radical (unpaired) electrons. The lowest BCUT2D eigenvalue weighted by Gasteiger charge is -2.50. The molecule has 10 nitrogen and oxygen atoms in total. The number of phenols is 1. The quantitative estimate of drug-likeness (QED) is 0.346. The number of likely N-dealkylation sites (N-methyl/N-ethyl adjacent to an activating group) is 1. The largest absolute Gasteiger partial charge is 0.508 e. The summed E-state index contributed by atoms with van der Waals surface area (Å²) in [4.78, 5) is 42.4. The van der Waals surface area contributed by atoms with E-state index in [0.717, 1.165) is 0 Å². The minimum atomic E-state index is -2.73. The Morgan fingerprint density at radius 3 is 2.33 bits per heavy atom. The average Bonchev–Trinajstić information content (AvgIpc) is 2.77. The molecule has 1 aromatic rings. The molecule has 0 spiro atoms. The summed E-state index contributed by atoms with van der Waals surface area (Å²) < 4.78 is 15.3. The summed E-state index contributed by atoms with van der Waals surface area (Å²) in [5.41, 5.74) is 1.73. The SMILES string of the molecule is CN(Cc1cc2c(c(O)c1F)C(O)=C1C(=O)[C@]3(O)C(O)=C(C(N)=O)C(=O)[C@@H](N(C)C)[C@@H]3C[C@@H]1C2)CC(C)(C)C. The second kappa shape index (κ2) is 9.42. The highest BCUT2D eigenvalue weighted by atomic mass is 19.1. The zero-order valence-electron chi connectivity index (χ0n) is 23.0. The number of primary amides is 1. The van der Waals surface area contributed by atoms with Crippen LogP contribution in [0.5, 0.6) is 5.75 Å². The topological polar surface area (TPSA) is 165 Å². The molecule has 3 aliphatic carbocycles. The van der Waals surface area contributed by atoms with Gasteiger partial charge in [0.2, 0.25) is 5.78 Å². The molecule has 0 aromatic heterocycles. The van der Waals surface area contributed by atoms with Gasteiger partial charge in [-0.25, -0.2) is 4.39 Å². The number of ketones is 2. The van der Waals surface area contributed by atoms with Gasteiger partial charge in [-0.3, -0.25) is 19.3 Å². The van der Waals surface area contributed by atoms with Gasteiger partial charge in [0.25, 0.3) is 5.91 Å². The molecule has 1 amide bonds. The molecule has 0 unspecified atom stereocenters. The summed E-state index contributed by atoms with van der Waals surface area (Å²) >= 11 is 0. The number of carbonyl (C=O) groups is 3. The summed E-state index contributed by atoms with van der Waals surface area (Å²) in [6.45, 7) is 6.99. The third-order valence-corrected chi connectivity index (χ3v) is 7.91. The zero-order valence-corrected chi connectivity index (χ0v) is 23.0. The number of amides is 1. The lowest BCUT2D eigenvalue weighted by atomic mass is 9.57. The van der Waals surface area contributed by atoms with E-state index in [1.54, 1.807) is 6.07 Å². The van der Waals surface area contributed by atoms with Gasteiger partial charge in [-0.1, -0.05) is 26.8 Å². The molecule has 0 bridgehead atoms. The number of aliphatic hydroxyl groups is 3. The van der Waals surface area contributed by atoms with Gasteiger partial charge in [-0.15, -0.1) is 0 Å². The number of benzene rings is 1. The van der Waals surface area contributed by atoms with Crippen molar-refractivity contribution in [3.8, 4) is 5.75 Å². The minimum absolute atomic E-state index is 0.0246. The van der Waals surface area contributed by atoms with E-state index in [-0.39, 0.29) is 41.5 Å². The number of aliphatic hydroxyl groups excluding tert-OH is 2. The van der Waals surface area contributed by atoms with Crippen LogP contribution in [-0.4, -0.2) is 87.0 Å². The van der Waals surface area contributed by atoms with Crippen molar-refractivity contribution in [1.29, 1.82) is 0 Å². The first-order chi connectivity index (χ1) is 17.9. The lowest BCUT2D eigenvalue weighted by Crippen LogP contribution is -2.65. The maximum absolute atomic E-state index is 15.3. The number of carbonyl (C=O) groups excluding carboxylic acids is 3. The molecule has 1 fully saturated rings. The van der Waals surface area contributed by atoms with Crippen molar-refractivity contribution in [2.24, 2.45) is 23.0 Å². The number of Topliss-reactive ketones (excluding diaryl/α,β-unsaturated/α-hetero) is 2. The monoisotopic (exact) mass is 545 g/mol. The number of aromatic hydroxyl groups is 1. The number of rotatable bonds is 5. The fourth-order valence-electron chi connectivity index (χ4n) is 6.61. The summed E-state index contributed by atoms with van der Waals surface area (Å²) in [7, 11) is 4.91. The van der Waals surface area contributed by atoms with Gasteiger partial charge < -0.3 is 31.1 Å². The van der Waals surface area contributed by atoms with Crippen LogP contribution in [0, 0.1) is 23.1 Å². The molecule has 1 aromatic carbocycles. The molecular weight excluding hydrogens is 509 g/mol. The maximum atomic E-state index is 15.3. The molecule has 0 saturated heterocycles. The van der Waals surface area contributed by atoms with Crippen LogP contribution in [0.2, 0.25) is 0 Å². The first-order valence-corrected chi connectivity index (χ1v) is 12.8. The minimum Gasteiger partial charge on any atom is -0.508 e. The van der Waals surface area contributed by atoms with E-state index < -0.39 is 69.6 Å². The van der Waals surface area contributed by atoms with Gasteiger partial charge in [0.1, 0.15) is 17.1 Å². The second-order valence-corrected chi connectivity index (χ2v) is 12.4. The molecule has 11 heteroatoms. The van der Waals surface area contributed by atoms with Crippen LogP contribution in [0.3, 0.4) is 0 Å². The molecular formula is C28H36FN3O7. The fourth-order valence-corrected chi connectivity index (χ4v) is 6.61. The van der Waals surface area contributed by atoms with Gasteiger partial charge in [0.15, 0.2) is 23.0 Å². The van der Waals surface area contributed by atoms with Crippen LogP contribution in [0.25, 0.3) is 5.76 Å². The lowest BCUT2D eigenvalue weighted by molar-refractivity contribution is -0.153. The van der Waals surface area contributed by atoms with E-state index in [9.17, 15) is 34.8 Å². The normalized spacial score (nSPS) is 27.2. The summed E-state index contributed by atoms with van der Waals surface area (Å²) in [6.07, 6.45) is 0.0848. The van der Waals surface area contributed by atoms with Crippen LogP contribution in [-0.2, 0) is 27.3 Å². The molecule has 3 aliphatic rings. The third-order valence-electron chi connectivity index (χ3n) is 7.91. The fraction of sp³-hybridized carbons (Fsp3) is 0.536. The van der Waals surface area contributed by atoms with Crippen LogP contribution in [0.15, 0.2) is 23.0 Å². The zero-order chi connectivity index (χ0) is 29.4. The highest BCUT2D eigenvalue weighted by Gasteiger charge is 2.64. The predicted octanol–water partition coefficient (Wildman–Crippen LogP) is 1.58. The van der Waals surface area contributed by atoms with Gasteiger partial charge >= 0.3 is 0 Å². The van der Waals surface area contributed by atoms with Crippen LogP contribution in [0.4, 0.5) is 4.39 Å². The Bertz CT molecular complexity index is 1340. The van der Waals surface area contributed by atoms with Crippen LogP contribution >= 0.6 is 0 Å². The Kier molecular flexibility index (Phi) is 6.94. The van der Waals surface area contributed by atoms with Crippen molar-refractivity contribution in [3.05, 3.63) is 45.5 Å². The van der Waals surface area contributed by atoms with Crippen LogP contribution in [0.1, 0.15) is 43.9 Å². The number of hydrogen-bond acceptors (Lipinski definition) is 9. The Morgan fingerprint density at radius 2 is 1.79 bits per heavy atom. The molecule has 0 aliphatic heterocycles. The van der Waals surface area contributed by atoms with Crippen molar-refractivity contribution >= 4 is 23.2 Å². The first-order valence-electron chi connectivity index (χ1n) is 12.8. The summed E-state index contributed by atoms with van der Waals surface area (Å²) in [6, 6.07) is 0.394. The Labute approximate surface area is 226 Å². The number of hydrogen-bond donors (Lipinski definition) is 5. The number of nitrogens with zero attached hydrogens (tertiary/aromatic N) is 2. The van der Waals surface area contributed by atoms with E-state index in [1.165, 1.54) is 19.0 Å². The van der Waals surface area contributed by atoms with E-state index in [1.807, 2.05) is 32.7 Å². The Morgan fingerprint density at radius 1 is 1.18 bits per heavy atom. The van der Waals surface area contributed by atoms with Gasteiger partial charge in [0, 0.05) is 30.1 Å². The van der Waals surface area contributed by atoms with Crippen molar-refractivity contribution in [2.45, 2.75) is 51.8 Å². The molecule has 39 heavy (non-hydrogen) atoms. The van der Waals surface area contributed by atoms with Crippen molar-refractivity contribution in [3.63, 3.8) is 0 Å². The van der Waals surface area contributed by atoms with E-state index in [2.05, 4.69) is 0 Å². The van der Waals surface area contributed by atoms with Gasteiger partial charge in [-0.05, 0) is 50.9 Å². The second-order valence-electron chi connectivity index (χ2n) is 12.4. The third kappa shape index (κ3) is 4.42. The maximum Gasteiger partial charge on any atom is 0.255 e. The first kappa shape index (κ1) is 28.7. The van der Waals surface area contributed by atoms with E-state index in [0.29, 0.717) is 12.1 Å². The smallest absolute Gasteiger partial charge is 0.255 e. The Hall–Kier alpha value is -3.28. The predicted molar refractivity (Wildman–Crippen MR) is 140 cm³/mol. The molecule has 0 heterocycles. The summed E-state index contributed by atoms with van der Waals surface area (Å²) in [5, 5.41) is 44.5. The molecule has 1 saturated carbocycles. The number of halogens is 1. The number of fused-ring (bicyclic) bond motifs is 3. The molecule has 212 valence electrons. The Balaban J connectivity index is 1.85. The standard InChI is InChI=1S/C28H36FN3O7/c1-27(2,3)11-32(6)10-14-8-12-7-13-9-15-20(31(4)5)23(35)18(26(30)38)25(37)28(15,39)24(36)17(13)21(33)16(12)22(34)19(14)29/h8,13,15,20,33-34,37,39H,7,9-11H2,1-6H3,(H2,30,38)/t13-,15-,20-,28-/m0/s1. The van der Waals surface area contributed by atoms with Crippen molar-refractivity contribution in [2.75, 3.05) is 27.7 Å². The highest BCUT2D eigenvalue weighted by Crippen LogP contribution is 2.53. The molecule has 6 N–H and O–H groups in total. The van der Waals surface area contributed by atoms with Gasteiger partial charge in [-0.2, -0.15) is 0 Å². The van der Waals surface area contributed by atoms with Gasteiger partial charge in [0.05, 0.1) is 11.6 Å².